The Balaban J connectivity index is 5.94. The molecule has 0 aromatic rings. The van der Waals surface area contributed by atoms with Crippen LogP contribution in [0.5, 0.6) is 0 Å². The lowest BCUT2D eigenvalue weighted by Gasteiger charge is -2.24. The van der Waals surface area contributed by atoms with Crippen molar-refractivity contribution in [1.82, 2.24) is 0 Å². The Bertz CT molecular complexity index is 490. The molecule has 2 atom stereocenters. The molecule has 0 aliphatic rings. The molecule has 0 rings (SSSR count). The predicted octanol–water partition coefficient (Wildman–Crippen LogP) is -0.887. The largest absolute Gasteiger partial charge is 0.342 e. The van der Waals surface area contributed by atoms with Crippen LogP contribution in [-0.4, -0.2) is 56.3 Å². The third kappa shape index (κ3) is 5.17. The normalized spacial score (nSPS) is 13.9. The van der Waals surface area contributed by atoms with Crippen LogP contribution >= 0.6 is 0 Å². The standard InChI is InChI=1S/C7H11N5O10/c1-7(3-9(15)16,4-10(17)18)6(12(21)22)5(11(19)20)2-8(13)14/h5-6H,2-4H2,1H3. The molecule has 15 heteroatoms. The van der Waals surface area contributed by atoms with Crippen molar-refractivity contribution in [2.75, 3.05) is 19.6 Å². The monoisotopic (exact) mass is 325 g/mol. The van der Waals surface area contributed by atoms with Gasteiger partial charge in [0.25, 0.3) is 6.54 Å². The van der Waals surface area contributed by atoms with E-state index in [0.717, 1.165) is 6.92 Å². The smallest absolute Gasteiger partial charge is 0.265 e. The molecule has 0 heterocycles. The van der Waals surface area contributed by atoms with Crippen molar-refractivity contribution in [1.29, 1.82) is 0 Å². The summed E-state index contributed by atoms with van der Waals surface area (Å²) < 4.78 is 0. The summed E-state index contributed by atoms with van der Waals surface area (Å²) in [7, 11) is 0. The van der Waals surface area contributed by atoms with E-state index in [2.05, 4.69) is 0 Å². The van der Waals surface area contributed by atoms with Gasteiger partial charge in [-0.1, -0.05) is 0 Å². The van der Waals surface area contributed by atoms with Crippen LogP contribution in [0.2, 0.25) is 0 Å². The molecule has 0 spiro atoms. The second-order valence-electron chi connectivity index (χ2n) is 4.73. The van der Waals surface area contributed by atoms with Crippen LogP contribution in [0.1, 0.15) is 6.92 Å². The van der Waals surface area contributed by atoms with Gasteiger partial charge < -0.3 is 0 Å². The maximum atomic E-state index is 11.1. The molecule has 124 valence electrons. The van der Waals surface area contributed by atoms with Crippen molar-refractivity contribution in [3.8, 4) is 0 Å². The number of hydrogen-bond acceptors (Lipinski definition) is 10. The van der Waals surface area contributed by atoms with E-state index in [4.69, 9.17) is 0 Å². The van der Waals surface area contributed by atoms with Gasteiger partial charge in [-0.3, -0.25) is 50.6 Å². The SMILES string of the molecule is CC(C[N+](=O)[O-])(C[N+](=O)[O-])C(C(C[N+](=O)[O-])[N+](=O)[O-])[N+](=O)[O-]. The van der Waals surface area contributed by atoms with Crippen LogP contribution < -0.4 is 0 Å². The first kappa shape index (κ1) is 19.0. The van der Waals surface area contributed by atoms with Crippen molar-refractivity contribution in [2.45, 2.75) is 19.0 Å². The molecule has 2 unspecified atom stereocenters. The average Bonchev–Trinajstić information content (AvgIpc) is 2.23. The Kier molecular flexibility index (Phi) is 6.16. The number of nitrogens with zero attached hydrogens (tertiary/aromatic N) is 5. The lowest BCUT2D eigenvalue weighted by atomic mass is 9.78. The second-order valence-corrected chi connectivity index (χ2v) is 4.73. The van der Waals surface area contributed by atoms with Crippen molar-refractivity contribution < 1.29 is 24.6 Å². The van der Waals surface area contributed by atoms with E-state index in [1.807, 2.05) is 0 Å². The van der Waals surface area contributed by atoms with Gasteiger partial charge >= 0.3 is 12.1 Å². The zero-order valence-corrected chi connectivity index (χ0v) is 11.1. The van der Waals surface area contributed by atoms with Gasteiger partial charge in [0.2, 0.25) is 13.1 Å². The fraction of sp³-hybridized carbons (Fsp3) is 1.00. The van der Waals surface area contributed by atoms with Gasteiger partial charge in [-0.05, 0) is 6.92 Å². The van der Waals surface area contributed by atoms with Gasteiger partial charge in [-0.2, -0.15) is 0 Å². The summed E-state index contributed by atoms with van der Waals surface area (Å²) in [5, 5.41) is 53.5. The van der Waals surface area contributed by atoms with E-state index in [1.165, 1.54) is 0 Å². The molecule has 0 saturated carbocycles. The zero-order chi connectivity index (χ0) is 17.7. The molecule has 15 nitrogen and oxygen atoms in total. The fourth-order valence-corrected chi connectivity index (χ4v) is 2.12. The summed E-state index contributed by atoms with van der Waals surface area (Å²) in [5.74, 6) is 0. The third-order valence-electron chi connectivity index (χ3n) is 2.89. The molecular weight excluding hydrogens is 314 g/mol. The van der Waals surface area contributed by atoms with Gasteiger partial charge in [0.15, 0.2) is 5.41 Å². The van der Waals surface area contributed by atoms with E-state index < -0.39 is 61.7 Å². The van der Waals surface area contributed by atoms with Gasteiger partial charge in [0, 0.05) is 24.6 Å². The summed E-state index contributed by atoms with van der Waals surface area (Å²) in [6.07, 6.45) is 0. The number of hydrogen-bond donors (Lipinski definition) is 0. The minimum Gasteiger partial charge on any atom is -0.265 e. The Morgan fingerprint density at radius 2 is 1.18 bits per heavy atom. The van der Waals surface area contributed by atoms with Crippen LogP contribution in [0.25, 0.3) is 0 Å². The third-order valence-corrected chi connectivity index (χ3v) is 2.89. The maximum absolute atomic E-state index is 11.1. The van der Waals surface area contributed by atoms with Crippen molar-refractivity contribution in [3.63, 3.8) is 0 Å². The Labute approximate surface area is 120 Å². The highest BCUT2D eigenvalue weighted by atomic mass is 16.7. The highest BCUT2D eigenvalue weighted by Crippen LogP contribution is 2.28. The lowest BCUT2D eigenvalue weighted by Crippen LogP contribution is -2.57. The highest BCUT2D eigenvalue weighted by Gasteiger charge is 2.61. The molecular formula is C7H11N5O10. The Morgan fingerprint density at radius 3 is 1.41 bits per heavy atom. The van der Waals surface area contributed by atoms with E-state index in [9.17, 15) is 50.6 Å². The second kappa shape index (κ2) is 7.14. The van der Waals surface area contributed by atoms with Crippen LogP contribution in [0.3, 0.4) is 0 Å². The molecule has 0 saturated heterocycles. The summed E-state index contributed by atoms with van der Waals surface area (Å²) in [5.41, 5.74) is -2.37. The Hall–Kier alpha value is -3.00. The van der Waals surface area contributed by atoms with Crippen LogP contribution in [0.15, 0.2) is 0 Å². The van der Waals surface area contributed by atoms with E-state index in [-0.39, 0.29) is 0 Å². The predicted molar refractivity (Wildman–Crippen MR) is 65.3 cm³/mol. The minimum absolute atomic E-state index is 0.752. The van der Waals surface area contributed by atoms with Crippen molar-refractivity contribution in [3.05, 3.63) is 50.6 Å². The molecule has 22 heavy (non-hydrogen) atoms. The molecule has 0 amide bonds. The molecule has 0 radical (unpaired) electrons. The van der Waals surface area contributed by atoms with Gasteiger partial charge in [0.1, 0.15) is 0 Å². The summed E-state index contributed by atoms with van der Waals surface area (Å²) >= 11 is 0. The molecule has 0 N–H and O–H groups in total. The lowest BCUT2D eigenvalue weighted by molar-refractivity contribution is -0.671. The van der Waals surface area contributed by atoms with Crippen LogP contribution in [0, 0.1) is 56.0 Å². The number of rotatable bonds is 10. The first-order valence-electron chi connectivity index (χ1n) is 5.53. The molecule has 0 fully saturated rings. The van der Waals surface area contributed by atoms with Gasteiger partial charge in [-0.25, -0.2) is 0 Å². The molecule has 0 aromatic carbocycles. The first-order valence-corrected chi connectivity index (χ1v) is 5.53. The van der Waals surface area contributed by atoms with Crippen LogP contribution in [0.4, 0.5) is 0 Å². The van der Waals surface area contributed by atoms with Gasteiger partial charge in [0.05, 0.1) is 0 Å². The zero-order valence-electron chi connectivity index (χ0n) is 11.1. The minimum atomic E-state index is -2.47. The van der Waals surface area contributed by atoms with Gasteiger partial charge in [-0.15, -0.1) is 0 Å². The molecule has 0 bridgehead atoms. The van der Waals surface area contributed by atoms with E-state index >= 15 is 0 Å². The molecule has 0 aliphatic carbocycles. The fourth-order valence-electron chi connectivity index (χ4n) is 2.12. The molecule has 0 aromatic heterocycles. The quantitative estimate of drug-likeness (QED) is 0.356. The van der Waals surface area contributed by atoms with Crippen LogP contribution in [-0.2, 0) is 0 Å². The molecule has 0 aliphatic heterocycles. The number of nitro groups is 5. The van der Waals surface area contributed by atoms with E-state index in [0.29, 0.717) is 0 Å². The maximum Gasteiger partial charge on any atom is 0.342 e. The first-order chi connectivity index (χ1) is 9.90. The van der Waals surface area contributed by atoms with E-state index in [1.54, 1.807) is 0 Å². The average molecular weight is 325 g/mol. The van der Waals surface area contributed by atoms with Crippen molar-refractivity contribution >= 4 is 0 Å². The summed E-state index contributed by atoms with van der Waals surface area (Å²) in [4.78, 5) is 47.5. The Morgan fingerprint density at radius 1 is 0.773 bits per heavy atom. The topological polar surface area (TPSA) is 216 Å². The highest BCUT2D eigenvalue weighted by molar-refractivity contribution is 4.87. The summed E-state index contributed by atoms with van der Waals surface area (Å²) in [6, 6.07) is -4.90. The van der Waals surface area contributed by atoms with Crippen molar-refractivity contribution in [2.24, 2.45) is 5.41 Å². The summed E-state index contributed by atoms with van der Waals surface area (Å²) in [6.45, 7) is -3.37.